The molecule has 73 heavy (non-hydrogen) atoms. The van der Waals surface area contributed by atoms with Gasteiger partial charge in [0.05, 0.1) is 90.2 Å². The second-order valence-electron chi connectivity index (χ2n) is 16.2. The molecule has 0 aliphatic heterocycles. The van der Waals surface area contributed by atoms with Gasteiger partial charge < -0.3 is 89.7 Å². The van der Waals surface area contributed by atoms with E-state index in [9.17, 15) is 59.4 Å². The number of aliphatic hydroxyl groups excluding tert-OH is 3. The summed E-state index contributed by atoms with van der Waals surface area (Å²) in [7, 11) is 0. The molecule has 6 N–H and O–H groups in total. The van der Waals surface area contributed by atoms with Crippen molar-refractivity contribution < 1.29 is 95.8 Å². The Kier molecular flexibility index (Phi) is 54.6. The fourth-order valence-corrected chi connectivity index (χ4v) is 5.79. The van der Waals surface area contributed by atoms with Crippen molar-refractivity contribution in [3.63, 3.8) is 0 Å². The molecule has 0 fully saturated rings. The van der Waals surface area contributed by atoms with E-state index in [0.717, 1.165) is 76.0 Å². The quantitative estimate of drug-likeness (QED) is 0.0284. The molecule has 3 aromatic heterocycles. The average molecular weight is 1110 g/mol. The maximum Gasteiger partial charge on any atom is 6.00 e. The van der Waals surface area contributed by atoms with E-state index in [1.165, 1.54) is 114 Å². The van der Waals surface area contributed by atoms with Gasteiger partial charge in [-0.1, -0.05) is 156 Å². The average Bonchev–Trinajstić information content (AvgIpc) is 4.18. The van der Waals surface area contributed by atoms with E-state index in [4.69, 9.17) is 15.3 Å². The van der Waals surface area contributed by atoms with Crippen LogP contribution in [0.15, 0.2) is 55.8 Å². The Labute approximate surface area is 444 Å². The number of aliphatic hydroxyl groups is 3. The molecule has 3 aromatic rings. The molecule has 3 heterocycles. The topological polar surface area (TPSA) is 388 Å². The van der Waals surface area contributed by atoms with Crippen molar-refractivity contribution in [3.8, 4) is 0 Å². The monoisotopic (exact) mass is 1110 g/mol. The number of aromatic amines is 3. The number of aliphatic carboxylic acids is 6. The molecule has 0 saturated heterocycles. The summed E-state index contributed by atoms with van der Waals surface area (Å²) in [6.45, 7) is 6.53. The predicted molar refractivity (Wildman–Crippen MR) is 259 cm³/mol. The first-order chi connectivity index (χ1) is 34.4. The van der Waals surface area contributed by atoms with Crippen LogP contribution in [0.1, 0.15) is 192 Å². The van der Waals surface area contributed by atoms with E-state index in [0.29, 0.717) is 36.3 Å². The van der Waals surface area contributed by atoms with Gasteiger partial charge >= 0.3 is 21.1 Å². The number of carboxylic acid groups (broad SMARTS) is 6. The van der Waals surface area contributed by atoms with Gasteiger partial charge in [-0.15, -0.1) is 0 Å². The van der Waals surface area contributed by atoms with E-state index >= 15 is 0 Å². The van der Waals surface area contributed by atoms with Crippen molar-refractivity contribution in [1.82, 2.24) is 29.9 Å². The number of hydrogen-bond acceptors (Lipinski definition) is 18. The van der Waals surface area contributed by atoms with Gasteiger partial charge in [0.25, 0.3) is 0 Å². The van der Waals surface area contributed by atoms with Crippen LogP contribution in [0.25, 0.3) is 18.2 Å². The summed E-state index contributed by atoms with van der Waals surface area (Å²) in [5.41, 5.74) is 1.72. The van der Waals surface area contributed by atoms with Crippen LogP contribution in [0, 0.1) is 0 Å². The van der Waals surface area contributed by atoms with Crippen LogP contribution < -0.4 is 30.6 Å². The van der Waals surface area contributed by atoms with Crippen molar-refractivity contribution in [2.24, 2.45) is 0 Å². The van der Waals surface area contributed by atoms with Crippen molar-refractivity contribution >= 4 is 54.0 Å². The largest absolute Gasteiger partial charge is 6.00 e. The van der Waals surface area contributed by atoms with Gasteiger partial charge in [0, 0.05) is 18.6 Å². The van der Waals surface area contributed by atoms with Crippen molar-refractivity contribution in [1.29, 1.82) is 0 Å². The van der Waals surface area contributed by atoms with E-state index < -0.39 is 54.1 Å². The predicted octanol–water partition coefficient (Wildman–Crippen LogP) is 1.23. The molecule has 0 aliphatic rings. The van der Waals surface area contributed by atoms with Crippen LogP contribution in [0.2, 0.25) is 0 Å². The van der Waals surface area contributed by atoms with Crippen molar-refractivity contribution in [3.05, 3.63) is 72.9 Å². The zero-order valence-corrected chi connectivity index (χ0v) is 44.6. The second-order valence-corrected chi connectivity index (χ2v) is 16.2. The van der Waals surface area contributed by atoms with Crippen LogP contribution in [0.5, 0.6) is 0 Å². The van der Waals surface area contributed by atoms with Crippen LogP contribution in [-0.4, -0.2) is 99.4 Å². The van der Waals surface area contributed by atoms with Gasteiger partial charge in [-0.25, -0.2) is 15.0 Å². The van der Waals surface area contributed by atoms with E-state index in [1.54, 1.807) is 18.6 Å². The van der Waals surface area contributed by atoms with Crippen molar-refractivity contribution in [2.45, 2.75) is 193 Å². The van der Waals surface area contributed by atoms with Gasteiger partial charge in [-0.05, 0) is 55.7 Å². The summed E-state index contributed by atoms with van der Waals surface area (Å²) in [4.78, 5) is 79.3. The van der Waals surface area contributed by atoms with Gasteiger partial charge in [-0.2, -0.15) is 0 Å². The first-order valence-electron chi connectivity index (χ1n) is 24.7. The number of aromatic nitrogens is 6. The number of carbonyl (C=O) groups is 6. The molecular weight excluding hydrogens is 1030 g/mol. The van der Waals surface area contributed by atoms with Crippen LogP contribution in [0.3, 0.4) is 0 Å². The number of hydrogen-bond donors (Lipinski definition) is 6. The Morgan fingerprint density at radius 2 is 0.616 bits per heavy atom. The molecule has 3 rings (SSSR count). The zero-order valence-electron chi connectivity index (χ0n) is 42.6. The molecule has 0 aliphatic carbocycles. The summed E-state index contributed by atoms with van der Waals surface area (Å²) in [6.07, 6.45) is 36.9. The molecular formula is C51H78MoN6O15. The van der Waals surface area contributed by atoms with Crippen LogP contribution in [-0.2, 0) is 49.8 Å². The van der Waals surface area contributed by atoms with Crippen LogP contribution >= 0.6 is 0 Å². The van der Waals surface area contributed by atoms with Gasteiger partial charge in [0.1, 0.15) is 0 Å². The molecule has 0 spiro atoms. The number of carbonyl (C=O) groups excluding carboxylic acids is 6. The summed E-state index contributed by atoms with van der Waals surface area (Å²) in [6, 6.07) is 0. The number of rotatable bonds is 33. The minimum Gasteiger partial charge on any atom is -0.547 e. The molecule has 0 amide bonds. The Morgan fingerprint density at radius 1 is 0.411 bits per heavy atom. The van der Waals surface area contributed by atoms with Gasteiger partial charge in [0.15, 0.2) is 0 Å². The molecule has 408 valence electrons. The van der Waals surface area contributed by atoms with E-state index in [1.807, 2.05) is 0 Å². The normalized spacial score (nSPS) is 11.6. The minimum atomic E-state index is -1.35. The maximum atomic E-state index is 10.1. The van der Waals surface area contributed by atoms with Crippen molar-refractivity contribution in [2.75, 3.05) is 0 Å². The number of nitrogens with one attached hydrogen (secondary N) is 3. The van der Waals surface area contributed by atoms with Gasteiger partial charge in [-0.3, -0.25) is 0 Å². The zero-order chi connectivity index (χ0) is 54.6. The second kappa shape index (κ2) is 54.0. The van der Waals surface area contributed by atoms with E-state index in [2.05, 4.69) is 50.7 Å². The number of carboxylic acids is 6. The molecule has 21 nitrogen and oxygen atoms in total. The smallest absolute Gasteiger partial charge is 0.547 e. The first-order valence-corrected chi connectivity index (χ1v) is 24.7. The fourth-order valence-electron chi connectivity index (χ4n) is 5.79. The molecule has 0 bridgehead atoms. The molecule has 3 unspecified atom stereocenters. The summed E-state index contributed by atoms with van der Waals surface area (Å²) in [5.74, 6) is -7.71. The number of nitrogens with zero attached hydrogens (tertiary/aromatic N) is 3. The number of unbranched alkanes of at least 4 members (excludes halogenated alkanes) is 18. The third-order valence-electron chi connectivity index (χ3n) is 9.79. The molecule has 22 heteroatoms. The Balaban J connectivity index is -0.000000392. The summed E-state index contributed by atoms with van der Waals surface area (Å²) < 4.78 is 0. The third kappa shape index (κ3) is 57.0. The standard InChI is InChI=1S/3C11H22O3.3C6H6N2O2.Mo/c3*1-2-3-4-5-6-7-8-9-10(12)11(13)14;3*9-6(10)2-1-5-3-7-4-8-5;/h3*10,12H,2-9H2,1H3,(H,13,14);3*1-4H,(H,7,8)(H,9,10);/q;;;;;;+6/p-6. The first kappa shape index (κ1) is 73.8. The summed E-state index contributed by atoms with van der Waals surface area (Å²) >= 11 is 0. The SMILES string of the molecule is CCCCCCCCCC(O)C(=O)[O-].CCCCCCCCCC(O)C(=O)[O-].CCCCCCCCCC(O)C(=O)[O-].O=C([O-])C=Cc1c[nH]cn1.O=C([O-])C=Cc1c[nH]cn1.O=C([O-])C=Cc1c[nH]cn1.[Mo+6]. The minimum absolute atomic E-state index is 0. The molecule has 0 radical (unpaired) electrons. The maximum absolute atomic E-state index is 10.1. The Hall–Kier alpha value is -5.76. The number of H-pyrrole nitrogens is 3. The fraction of sp³-hybridized carbons (Fsp3) is 0.588. The third-order valence-corrected chi connectivity index (χ3v) is 9.79. The Bertz CT molecular complexity index is 1630. The van der Waals surface area contributed by atoms with Crippen LogP contribution in [0.4, 0.5) is 0 Å². The van der Waals surface area contributed by atoms with Gasteiger partial charge in [0.2, 0.25) is 0 Å². The molecule has 0 aromatic carbocycles. The van der Waals surface area contributed by atoms with E-state index in [-0.39, 0.29) is 21.1 Å². The number of imidazole rings is 3. The molecule has 0 saturated carbocycles. The Morgan fingerprint density at radius 3 is 0.781 bits per heavy atom. The summed E-state index contributed by atoms with van der Waals surface area (Å²) in [5, 5.41) is 86.7. The molecule has 3 atom stereocenters.